The number of aromatic nitrogens is 2. The zero-order valence-electron chi connectivity index (χ0n) is 26.0. The van der Waals surface area contributed by atoms with Crippen LogP contribution >= 0.6 is 11.3 Å². The van der Waals surface area contributed by atoms with E-state index in [0.717, 1.165) is 28.0 Å². The molecular weight excluding hydrogens is 628 g/mol. The molecule has 5 rings (SSSR count). The van der Waals surface area contributed by atoms with E-state index in [2.05, 4.69) is 10.6 Å². The highest BCUT2D eigenvalue weighted by Gasteiger charge is 2.26. The predicted octanol–water partition coefficient (Wildman–Crippen LogP) is 5.34. The summed E-state index contributed by atoms with van der Waals surface area (Å²) >= 11 is 1.13. The number of carbonyl (C=O) groups excluding carboxylic acids is 2. The van der Waals surface area contributed by atoms with Gasteiger partial charge in [-0.2, -0.15) is 0 Å². The van der Waals surface area contributed by atoms with Crippen molar-refractivity contribution in [2.45, 2.75) is 26.9 Å². The van der Waals surface area contributed by atoms with Crippen molar-refractivity contribution in [3.63, 3.8) is 0 Å². The van der Waals surface area contributed by atoms with Crippen LogP contribution in [0.3, 0.4) is 0 Å². The molecule has 0 radical (unpaired) electrons. The molecule has 13 heteroatoms. The van der Waals surface area contributed by atoms with Crippen molar-refractivity contribution < 1.29 is 23.1 Å². The minimum Gasteiger partial charge on any atom is -0.465 e. The number of anilines is 1. The van der Waals surface area contributed by atoms with Crippen molar-refractivity contribution in [1.82, 2.24) is 19.4 Å². The van der Waals surface area contributed by atoms with Gasteiger partial charge in [0.05, 0.1) is 30.8 Å². The molecule has 2 heterocycles. The zero-order valence-corrected chi connectivity index (χ0v) is 26.8. The second-order valence-electron chi connectivity index (χ2n) is 10.7. The van der Waals surface area contributed by atoms with Gasteiger partial charge in [0.25, 0.3) is 5.56 Å². The molecule has 2 aromatic heterocycles. The molecule has 0 aliphatic heterocycles. The van der Waals surface area contributed by atoms with Crippen LogP contribution in [0.1, 0.15) is 25.0 Å². The predicted molar refractivity (Wildman–Crippen MR) is 178 cm³/mol. The normalized spacial score (nSPS) is 11.2. The third-order valence-electron chi connectivity index (χ3n) is 7.34. The van der Waals surface area contributed by atoms with Crippen LogP contribution in [0.4, 0.5) is 19.3 Å². The van der Waals surface area contributed by atoms with Crippen molar-refractivity contribution in [2.75, 3.05) is 32.1 Å². The minimum atomic E-state index is -0.830. The van der Waals surface area contributed by atoms with Crippen LogP contribution in [0.15, 0.2) is 82.4 Å². The number of nitrogens with zero attached hydrogens (tertiary/aromatic N) is 3. The topological polar surface area (TPSA) is 115 Å². The number of amides is 2. The number of para-hydroxylation sites is 1. The molecule has 2 N–H and O–H groups in total. The summed E-state index contributed by atoms with van der Waals surface area (Å²) in [6.07, 6.45) is 0. The first kappa shape index (κ1) is 33.2. The maximum atomic E-state index is 14.9. The van der Waals surface area contributed by atoms with Gasteiger partial charge in [-0.15, -0.1) is 11.3 Å². The quantitative estimate of drug-likeness (QED) is 0.185. The summed E-state index contributed by atoms with van der Waals surface area (Å²) in [4.78, 5) is 55.4. The fourth-order valence-corrected chi connectivity index (χ4v) is 6.53. The van der Waals surface area contributed by atoms with Gasteiger partial charge in [-0.25, -0.2) is 22.9 Å². The maximum absolute atomic E-state index is 14.9. The first-order valence-corrected chi connectivity index (χ1v) is 15.7. The monoisotopic (exact) mass is 661 g/mol. The smallest absolute Gasteiger partial charge is 0.337 e. The third kappa shape index (κ3) is 7.16. The van der Waals surface area contributed by atoms with Crippen LogP contribution in [0.5, 0.6) is 0 Å². The summed E-state index contributed by atoms with van der Waals surface area (Å²) in [5.41, 5.74) is 0.278. The Labute approximate surface area is 272 Å². The Morgan fingerprint density at radius 3 is 2.23 bits per heavy atom. The van der Waals surface area contributed by atoms with E-state index in [1.165, 1.54) is 10.6 Å². The zero-order chi connectivity index (χ0) is 33.7. The van der Waals surface area contributed by atoms with Crippen molar-refractivity contribution in [3.05, 3.63) is 116 Å². The van der Waals surface area contributed by atoms with Gasteiger partial charge in [0.1, 0.15) is 16.5 Å². The number of hydrogen-bond donors (Lipinski definition) is 2. The SMILES string of the molecule is CCNC(=O)Nc1ccc(-c2sc3c(c2CN(C)CC(=O)OCC)c(=O)n(-c2ccccc2)c(=O)n3Cc2c(F)cccc2F)cc1. The number of ether oxygens (including phenoxy) is 1. The number of halogens is 2. The summed E-state index contributed by atoms with van der Waals surface area (Å²) in [5.74, 6) is -2.11. The van der Waals surface area contributed by atoms with Crippen molar-refractivity contribution >= 4 is 39.2 Å². The van der Waals surface area contributed by atoms with Crippen LogP contribution in [0.2, 0.25) is 0 Å². The van der Waals surface area contributed by atoms with E-state index < -0.39 is 35.4 Å². The molecule has 0 aliphatic carbocycles. The summed E-state index contributed by atoms with van der Waals surface area (Å²) in [6.45, 7) is 3.71. The third-order valence-corrected chi connectivity index (χ3v) is 8.64. The molecule has 0 aliphatic rings. The lowest BCUT2D eigenvalue weighted by atomic mass is 10.1. The lowest BCUT2D eigenvalue weighted by Gasteiger charge is -2.17. The number of carbonyl (C=O) groups is 2. The Kier molecular flexibility index (Phi) is 10.3. The van der Waals surface area contributed by atoms with Crippen LogP contribution < -0.4 is 21.9 Å². The number of nitrogens with one attached hydrogen (secondary N) is 2. The van der Waals surface area contributed by atoms with Crippen molar-refractivity contribution in [1.29, 1.82) is 0 Å². The Bertz CT molecular complexity index is 2020. The highest BCUT2D eigenvalue weighted by atomic mass is 32.1. The number of benzene rings is 3. The molecule has 3 aromatic carbocycles. The highest BCUT2D eigenvalue weighted by molar-refractivity contribution is 7.22. The first-order valence-electron chi connectivity index (χ1n) is 14.9. The Morgan fingerprint density at radius 1 is 0.915 bits per heavy atom. The van der Waals surface area contributed by atoms with E-state index in [4.69, 9.17) is 4.74 Å². The van der Waals surface area contributed by atoms with E-state index in [1.54, 1.807) is 80.4 Å². The lowest BCUT2D eigenvalue weighted by Crippen LogP contribution is -2.39. The number of urea groups is 1. The number of hydrogen-bond acceptors (Lipinski definition) is 7. The Hall–Kier alpha value is -5.14. The summed E-state index contributed by atoms with van der Waals surface area (Å²) in [7, 11) is 1.70. The van der Waals surface area contributed by atoms with E-state index in [-0.39, 0.29) is 47.2 Å². The Balaban J connectivity index is 1.77. The number of rotatable bonds is 11. The molecule has 0 saturated heterocycles. The van der Waals surface area contributed by atoms with Crippen LogP contribution in [-0.2, 0) is 22.6 Å². The van der Waals surface area contributed by atoms with Gasteiger partial charge < -0.3 is 15.4 Å². The average molecular weight is 662 g/mol. The molecule has 2 amide bonds. The molecule has 0 saturated carbocycles. The summed E-state index contributed by atoms with van der Waals surface area (Å²) < 4.78 is 37.2. The molecule has 0 unspecified atom stereocenters. The van der Waals surface area contributed by atoms with Gasteiger partial charge in [0.2, 0.25) is 0 Å². The molecule has 10 nitrogen and oxygen atoms in total. The first-order chi connectivity index (χ1) is 22.6. The van der Waals surface area contributed by atoms with Gasteiger partial charge in [0, 0.05) is 29.2 Å². The number of fused-ring (bicyclic) bond motifs is 1. The van der Waals surface area contributed by atoms with Crippen molar-refractivity contribution in [2.24, 2.45) is 0 Å². The number of thiophene rings is 1. The number of esters is 1. The molecule has 244 valence electrons. The molecule has 0 fully saturated rings. The molecule has 47 heavy (non-hydrogen) atoms. The second-order valence-corrected chi connectivity index (χ2v) is 11.7. The van der Waals surface area contributed by atoms with Crippen LogP contribution in [0, 0.1) is 11.6 Å². The standard InChI is InChI=1S/C34H33F2N5O5S/c1-4-37-33(44)38-22-16-14-21(15-17-22)30-25(18-39(3)20-28(42)46-5-2)29-31(43)41(23-10-7-6-8-11-23)34(45)40(32(29)47-30)19-24-26(35)12-9-13-27(24)36/h6-17H,4-5,18-20H2,1-3H3,(H2,37,38,44). The summed E-state index contributed by atoms with van der Waals surface area (Å²) in [6, 6.07) is 18.3. The van der Waals surface area contributed by atoms with Gasteiger partial charge in [-0.05, 0) is 68.4 Å². The summed E-state index contributed by atoms with van der Waals surface area (Å²) in [5, 5.41) is 5.58. The Morgan fingerprint density at radius 2 is 1.60 bits per heavy atom. The number of likely N-dealkylation sites (N-methyl/N-ethyl adjacent to an activating group) is 1. The average Bonchev–Trinajstić information content (AvgIpc) is 3.40. The lowest BCUT2D eigenvalue weighted by molar-refractivity contribution is -0.144. The second kappa shape index (κ2) is 14.5. The van der Waals surface area contributed by atoms with E-state index in [0.29, 0.717) is 28.2 Å². The van der Waals surface area contributed by atoms with Gasteiger partial charge >= 0.3 is 17.7 Å². The molecular formula is C34H33F2N5O5S. The molecule has 0 atom stereocenters. The molecule has 0 bridgehead atoms. The van der Waals surface area contributed by atoms with Crippen molar-refractivity contribution in [3.8, 4) is 16.1 Å². The van der Waals surface area contributed by atoms with E-state index in [9.17, 15) is 28.0 Å². The van der Waals surface area contributed by atoms with Gasteiger partial charge in [-0.3, -0.25) is 19.1 Å². The maximum Gasteiger partial charge on any atom is 0.337 e. The van der Waals surface area contributed by atoms with E-state index in [1.807, 2.05) is 0 Å². The molecule has 0 spiro atoms. The minimum absolute atomic E-state index is 0.0764. The fourth-order valence-electron chi connectivity index (χ4n) is 5.23. The highest BCUT2D eigenvalue weighted by Crippen LogP contribution is 2.38. The van der Waals surface area contributed by atoms with Crippen LogP contribution in [-0.4, -0.2) is 52.8 Å². The molecule has 5 aromatic rings. The fraction of sp³-hybridized carbons (Fsp3) is 0.235. The van der Waals surface area contributed by atoms with Gasteiger partial charge in [-0.1, -0.05) is 36.4 Å². The van der Waals surface area contributed by atoms with Crippen LogP contribution in [0.25, 0.3) is 26.3 Å². The van der Waals surface area contributed by atoms with E-state index >= 15 is 0 Å². The van der Waals surface area contributed by atoms with Gasteiger partial charge in [0.15, 0.2) is 0 Å². The largest absolute Gasteiger partial charge is 0.465 e.